The van der Waals surface area contributed by atoms with E-state index in [0.29, 0.717) is 22.9 Å². The van der Waals surface area contributed by atoms with Crippen LogP contribution in [0.4, 0.5) is 0 Å². The molecule has 0 aliphatic heterocycles. The lowest BCUT2D eigenvalue weighted by Crippen LogP contribution is -2.45. The molecule has 2 fully saturated rings. The molecular weight excluding hydrogens is 266 g/mol. The summed E-state index contributed by atoms with van der Waals surface area (Å²) < 4.78 is 0. The molecule has 1 aromatic rings. The molecule has 0 heterocycles. The van der Waals surface area contributed by atoms with Crippen LogP contribution in [0.2, 0.25) is 5.02 Å². The van der Waals surface area contributed by atoms with Gasteiger partial charge in [-0.05, 0) is 60.6 Å². The highest BCUT2D eigenvalue weighted by Gasteiger charge is 2.61. The van der Waals surface area contributed by atoms with Crippen LogP contribution in [0.5, 0.6) is 0 Å². The van der Waals surface area contributed by atoms with Gasteiger partial charge >= 0.3 is 0 Å². The Morgan fingerprint density at radius 1 is 1.30 bits per heavy atom. The van der Waals surface area contributed by atoms with Crippen molar-refractivity contribution in [1.29, 1.82) is 0 Å². The van der Waals surface area contributed by atoms with Crippen molar-refractivity contribution in [2.24, 2.45) is 16.7 Å². The smallest absolute Gasteiger partial charge is 0.0409 e. The number of hydrogen-bond donors (Lipinski definition) is 1. The molecule has 110 valence electrons. The summed E-state index contributed by atoms with van der Waals surface area (Å²) in [5, 5.41) is 4.72. The molecule has 0 aromatic heterocycles. The van der Waals surface area contributed by atoms with Gasteiger partial charge in [-0.1, -0.05) is 44.5 Å². The second kappa shape index (κ2) is 4.74. The Balaban J connectivity index is 1.76. The third kappa shape index (κ3) is 2.02. The summed E-state index contributed by atoms with van der Waals surface area (Å²) in [5.41, 5.74) is 2.20. The van der Waals surface area contributed by atoms with E-state index in [2.05, 4.69) is 45.1 Å². The van der Waals surface area contributed by atoms with Crippen LogP contribution in [0.15, 0.2) is 24.3 Å². The highest BCUT2D eigenvalue weighted by atomic mass is 35.5. The van der Waals surface area contributed by atoms with Crippen molar-refractivity contribution in [3.8, 4) is 0 Å². The molecule has 1 aromatic carbocycles. The van der Waals surface area contributed by atoms with Crippen molar-refractivity contribution in [3.05, 3.63) is 34.9 Å². The van der Waals surface area contributed by atoms with E-state index in [4.69, 9.17) is 11.6 Å². The quantitative estimate of drug-likeness (QED) is 0.806. The van der Waals surface area contributed by atoms with E-state index < -0.39 is 0 Å². The first-order chi connectivity index (χ1) is 9.34. The van der Waals surface area contributed by atoms with Gasteiger partial charge in [-0.15, -0.1) is 0 Å². The monoisotopic (exact) mass is 291 g/mol. The molecule has 0 amide bonds. The van der Waals surface area contributed by atoms with Crippen LogP contribution in [0, 0.1) is 16.7 Å². The summed E-state index contributed by atoms with van der Waals surface area (Å²) in [4.78, 5) is 0. The SMILES string of the molecule is C[C@@H](NC1CC2CCC1(C)C2(C)C)c1cccc(Cl)c1. The Hall–Kier alpha value is -0.530. The van der Waals surface area contributed by atoms with Crippen molar-refractivity contribution in [3.63, 3.8) is 0 Å². The minimum absolute atomic E-state index is 0.366. The Labute approximate surface area is 128 Å². The van der Waals surface area contributed by atoms with Gasteiger partial charge in [0.05, 0.1) is 0 Å². The van der Waals surface area contributed by atoms with Crippen LogP contribution in [0.25, 0.3) is 0 Å². The van der Waals surface area contributed by atoms with Gasteiger partial charge in [0.15, 0.2) is 0 Å². The van der Waals surface area contributed by atoms with E-state index in [-0.39, 0.29) is 0 Å². The lowest BCUT2D eigenvalue weighted by molar-refractivity contribution is 0.116. The Morgan fingerprint density at radius 2 is 2.05 bits per heavy atom. The molecule has 2 saturated carbocycles. The van der Waals surface area contributed by atoms with Gasteiger partial charge in [-0.25, -0.2) is 0 Å². The average Bonchev–Trinajstić information content (AvgIpc) is 2.72. The van der Waals surface area contributed by atoms with Gasteiger partial charge in [-0.2, -0.15) is 0 Å². The molecule has 2 aliphatic rings. The van der Waals surface area contributed by atoms with E-state index in [1.807, 2.05) is 12.1 Å². The fourth-order valence-corrected chi connectivity index (χ4v) is 4.83. The summed E-state index contributed by atoms with van der Waals surface area (Å²) in [5.74, 6) is 0.886. The molecule has 3 rings (SSSR count). The largest absolute Gasteiger partial charge is 0.307 e. The molecule has 2 heteroatoms. The maximum atomic E-state index is 6.11. The zero-order chi connectivity index (χ0) is 14.5. The lowest BCUT2D eigenvalue weighted by Gasteiger charge is -2.40. The average molecular weight is 292 g/mol. The maximum absolute atomic E-state index is 6.11. The van der Waals surface area contributed by atoms with Crippen molar-refractivity contribution in [1.82, 2.24) is 5.32 Å². The van der Waals surface area contributed by atoms with Gasteiger partial charge < -0.3 is 5.32 Å². The third-order valence-corrected chi connectivity index (χ3v) is 6.83. The predicted octanol–water partition coefficient (Wildman–Crippen LogP) is 5.21. The molecule has 1 nitrogen and oxygen atoms in total. The number of fused-ring (bicyclic) bond motifs is 2. The molecule has 1 N–H and O–H groups in total. The topological polar surface area (TPSA) is 12.0 Å². The van der Waals surface area contributed by atoms with Gasteiger partial charge in [0.2, 0.25) is 0 Å². The molecule has 2 bridgehead atoms. The first-order valence-electron chi connectivity index (χ1n) is 7.86. The molecular formula is C18H26ClN. The molecule has 2 aliphatic carbocycles. The van der Waals surface area contributed by atoms with Crippen LogP contribution in [-0.2, 0) is 0 Å². The first kappa shape index (κ1) is 14.4. The van der Waals surface area contributed by atoms with Crippen LogP contribution < -0.4 is 5.32 Å². The zero-order valence-electron chi connectivity index (χ0n) is 13.0. The minimum Gasteiger partial charge on any atom is -0.307 e. The fraction of sp³-hybridized carbons (Fsp3) is 0.667. The van der Waals surface area contributed by atoms with Crippen molar-refractivity contribution in [2.45, 2.75) is 59.0 Å². The summed E-state index contributed by atoms with van der Waals surface area (Å²) in [6.07, 6.45) is 4.10. The molecule has 0 saturated heterocycles. The highest BCUT2D eigenvalue weighted by molar-refractivity contribution is 6.30. The number of halogens is 1. The molecule has 3 unspecified atom stereocenters. The maximum Gasteiger partial charge on any atom is 0.0409 e. The Kier molecular flexibility index (Phi) is 3.42. The van der Waals surface area contributed by atoms with Crippen molar-refractivity contribution < 1.29 is 0 Å². The number of rotatable bonds is 3. The molecule has 20 heavy (non-hydrogen) atoms. The van der Waals surface area contributed by atoms with E-state index in [0.717, 1.165) is 10.9 Å². The zero-order valence-corrected chi connectivity index (χ0v) is 13.8. The molecule has 0 radical (unpaired) electrons. The van der Waals surface area contributed by atoms with Crippen LogP contribution in [0.1, 0.15) is 58.6 Å². The van der Waals surface area contributed by atoms with Gasteiger partial charge in [0.1, 0.15) is 0 Å². The van der Waals surface area contributed by atoms with E-state index in [1.165, 1.54) is 24.8 Å². The molecule has 4 atom stereocenters. The normalized spacial score (nSPS) is 36.2. The summed E-state index contributed by atoms with van der Waals surface area (Å²) in [7, 11) is 0. The number of nitrogens with one attached hydrogen (secondary N) is 1. The van der Waals surface area contributed by atoms with E-state index in [9.17, 15) is 0 Å². The number of hydrogen-bond acceptors (Lipinski definition) is 1. The van der Waals surface area contributed by atoms with Crippen LogP contribution in [0.3, 0.4) is 0 Å². The summed E-state index contributed by atoms with van der Waals surface area (Å²) >= 11 is 6.11. The lowest BCUT2D eigenvalue weighted by atomic mass is 9.69. The second-order valence-electron chi connectivity index (χ2n) is 7.61. The molecule has 0 spiro atoms. The highest BCUT2D eigenvalue weighted by Crippen LogP contribution is 2.65. The predicted molar refractivity (Wildman–Crippen MR) is 86.0 cm³/mol. The van der Waals surface area contributed by atoms with Crippen LogP contribution >= 0.6 is 11.6 Å². The second-order valence-corrected chi connectivity index (χ2v) is 8.04. The standard InChI is InChI=1S/C18H26ClN/c1-12(13-6-5-7-15(19)10-13)20-16-11-14-8-9-18(16,4)17(14,2)3/h5-7,10,12,14,16,20H,8-9,11H2,1-4H3/t12-,14?,16?,18?/m1/s1. The van der Waals surface area contributed by atoms with Crippen molar-refractivity contribution in [2.75, 3.05) is 0 Å². The van der Waals surface area contributed by atoms with Crippen LogP contribution in [-0.4, -0.2) is 6.04 Å². The van der Waals surface area contributed by atoms with Gasteiger partial charge in [0, 0.05) is 17.1 Å². The van der Waals surface area contributed by atoms with Crippen molar-refractivity contribution >= 4 is 11.6 Å². The third-order valence-electron chi connectivity index (χ3n) is 6.59. The van der Waals surface area contributed by atoms with Gasteiger partial charge in [0.25, 0.3) is 0 Å². The first-order valence-corrected chi connectivity index (χ1v) is 8.24. The van der Waals surface area contributed by atoms with E-state index >= 15 is 0 Å². The summed E-state index contributed by atoms with van der Waals surface area (Å²) in [6, 6.07) is 9.24. The Bertz CT molecular complexity index is 510. The minimum atomic E-state index is 0.366. The fourth-order valence-electron chi connectivity index (χ4n) is 4.63. The summed E-state index contributed by atoms with van der Waals surface area (Å²) in [6.45, 7) is 9.68. The Morgan fingerprint density at radius 3 is 2.60 bits per heavy atom. The van der Waals surface area contributed by atoms with Gasteiger partial charge in [-0.3, -0.25) is 0 Å². The van der Waals surface area contributed by atoms with E-state index in [1.54, 1.807) is 0 Å². The number of benzene rings is 1.